The van der Waals surface area contributed by atoms with Crippen molar-refractivity contribution in [3.63, 3.8) is 0 Å². The molecule has 1 aromatic carbocycles. The van der Waals surface area contributed by atoms with Crippen molar-refractivity contribution in [2.45, 2.75) is 11.0 Å². The Kier molecular flexibility index (Phi) is 5.94. The summed E-state index contributed by atoms with van der Waals surface area (Å²) in [6.45, 7) is -0.497. The Morgan fingerprint density at radius 1 is 1.24 bits per heavy atom. The van der Waals surface area contributed by atoms with E-state index in [-0.39, 0.29) is 10.6 Å². The molecule has 0 aliphatic heterocycles. The summed E-state index contributed by atoms with van der Waals surface area (Å²) in [5.74, 6) is -0.301. The fraction of sp³-hybridized carbons (Fsp3) is 0.417. The Bertz CT molecular complexity index is 600. The summed E-state index contributed by atoms with van der Waals surface area (Å²) in [7, 11) is -0.0111. The smallest absolute Gasteiger partial charge is 0.336 e. The van der Waals surface area contributed by atoms with Crippen molar-refractivity contribution in [3.05, 3.63) is 18.2 Å². The number of ether oxygens (including phenoxy) is 3. The predicted molar refractivity (Wildman–Crippen MR) is 72.8 cm³/mol. The van der Waals surface area contributed by atoms with Gasteiger partial charge in [0.05, 0.1) is 26.2 Å². The maximum atomic E-state index is 12.0. The van der Waals surface area contributed by atoms with Crippen LogP contribution in [0.25, 0.3) is 0 Å². The van der Waals surface area contributed by atoms with Crippen LogP contribution in [0.5, 0.6) is 11.5 Å². The van der Waals surface area contributed by atoms with Crippen molar-refractivity contribution in [3.8, 4) is 11.5 Å². The van der Waals surface area contributed by atoms with Crippen LogP contribution in [0, 0.1) is 0 Å². The van der Waals surface area contributed by atoms with E-state index in [1.807, 2.05) is 0 Å². The van der Waals surface area contributed by atoms with E-state index >= 15 is 0 Å². The lowest BCUT2D eigenvalue weighted by molar-refractivity contribution is -0.149. The van der Waals surface area contributed by atoms with Crippen molar-refractivity contribution in [1.82, 2.24) is 4.72 Å². The van der Waals surface area contributed by atoms with Crippen molar-refractivity contribution in [2.75, 3.05) is 27.9 Å². The highest BCUT2D eigenvalue weighted by Gasteiger charge is 2.21. The quantitative estimate of drug-likeness (QED) is 0.653. The van der Waals surface area contributed by atoms with E-state index in [0.717, 1.165) is 7.11 Å². The first-order valence-corrected chi connectivity index (χ1v) is 7.31. The van der Waals surface area contributed by atoms with Crippen molar-refractivity contribution in [1.29, 1.82) is 0 Å². The molecule has 1 aromatic rings. The molecule has 0 aromatic heterocycles. The van der Waals surface area contributed by atoms with Crippen LogP contribution in [0.15, 0.2) is 23.1 Å². The molecule has 0 saturated heterocycles. The van der Waals surface area contributed by atoms with Gasteiger partial charge < -0.3 is 19.3 Å². The SMILES string of the molecule is COC(=O)C(O)CNS(=O)(=O)c1ccc(OC)c(OC)c1. The normalized spacial score (nSPS) is 12.6. The van der Waals surface area contributed by atoms with E-state index in [4.69, 9.17) is 9.47 Å². The van der Waals surface area contributed by atoms with Crippen LogP contribution in [0.3, 0.4) is 0 Å². The zero-order valence-corrected chi connectivity index (χ0v) is 12.6. The summed E-state index contributed by atoms with van der Waals surface area (Å²) in [4.78, 5) is 10.9. The van der Waals surface area contributed by atoms with Gasteiger partial charge in [-0.1, -0.05) is 0 Å². The molecule has 0 fully saturated rings. The van der Waals surface area contributed by atoms with Gasteiger partial charge in [0.25, 0.3) is 0 Å². The van der Waals surface area contributed by atoms with Crippen molar-refractivity contribution >= 4 is 16.0 Å². The second kappa shape index (κ2) is 7.25. The number of rotatable bonds is 7. The number of aliphatic hydroxyl groups excluding tert-OH is 1. The minimum absolute atomic E-state index is 0.0859. The van der Waals surface area contributed by atoms with E-state index in [0.29, 0.717) is 5.75 Å². The molecule has 1 unspecified atom stereocenters. The molecule has 8 nitrogen and oxygen atoms in total. The first-order chi connectivity index (χ1) is 9.85. The lowest BCUT2D eigenvalue weighted by Crippen LogP contribution is -2.37. The van der Waals surface area contributed by atoms with Crippen LogP contribution < -0.4 is 14.2 Å². The van der Waals surface area contributed by atoms with Gasteiger partial charge in [0.1, 0.15) is 0 Å². The first kappa shape index (κ1) is 17.2. The molecular weight excluding hydrogens is 302 g/mol. The molecule has 2 N–H and O–H groups in total. The van der Waals surface area contributed by atoms with E-state index in [1.54, 1.807) is 0 Å². The van der Waals surface area contributed by atoms with E-state index in [9.17, 15) is 18.3 Å². The van der Waals surface area contributed by atoms with Gasteiger partial charge in [-0.25, -0.2) is 17.9 Å². The molecule has 1 rings (SSSR count). The Labute approximate surface area is 122 Å². The van der Waals surface area contributed by atoms with E-state index < -0.39 is 28.6 Å². The lowest BCUT2D eigenvalue weighted by atomic mass is 10.3. The Morgan fingerprint density at radius 2 is 1.86 bits per heavy atom. The van der Waals surface area contributed by atoms with Crippen LogP contribution in [0.4, 0.5) is 0 Å². The number of methoxy groups -OCH3 is 3. The van der Waals surface area contributed by atoms with E-state index in [2.05, 4.69) is 9.46 Å². The molecule has 21 heavy (non-hydrogen) atoms. The molecular formula is C12H17NO7S. The Hall–Kier alpha value is -1.84. The predicted octanol–water partition coefficient (Wildman–Crippen LogP) is -0.484. The monoisotopic (exact) mass is 319 g/mol. The minimum atomic E-state index is -3.91. The van der Waals surface area contributed by atoms with Gasteiger partial charge in [-0.15, -0.1) is 0 Å². The summed E-state index contributed by atoms with van der Waals surface area (Å²) in [5, 5.41) is 9.36. The van der Waals surface area contributed by atoms with Gasteiger partial charge in [-0.05, 0) is 12.1 Å². The highest BCUT2D eigenvalue weighted by atomic mass is 32.2. The molecule has 0 aliphatic carbocycles. The molecule has 0 spiro atoms. The van der Waals surface area contributed by atoms with Gasteiger partial charge in [-0.3, -0.25) is 0 Å². The summed E-state index contributed by atoms with van der Waals surface area (Å²) in [5.41, 5.74) is 0. The number of nitrogens with one attached hydrogen (secondary N) is 1. The number of benzene rings is 1. The number of esters is 1. The lowest BCUT2D eigenvalue weighted by Gasteiger charge is -2.12. The number of carbonyl (C=O) groups is 1. The molecule has 0 radical (unpaired) electrons. The third kappa shape index (κ3) is 4.31. The van der Waals surface area contributed by atoms with Gasteiger partial charge in [-0.2, -0.15) is 0 Å². The average molecular weight is 319 g/mol. The maximum absolute atomic E-state index is 12.0. The number of hydrogen-bond donors (Lipinski definition) is 2. The summed E-state index contributed by atoms with van der Waals surface area (Å²) < 4.78 is 40.5. The highest BCUT2D eigenvalue weighted by molar-refractivity contribution is 7.89. The summed E-state index contributed by atoms with van der Waals surface area (Å²) >= 11 is 0. The molecule has 0 amide bonds. The third-order valence-electron chi connectivity index (χ3n) is 2.61. The molecule has 9 heteroatoms. The number of sulfonamides is 1. The van der Waals surface area contributed by atoms with Crippen LogP contribution in [-0.4, -0.2) is 53.5 Å². The number of hydrogen-bond acceptors (Lipinski definition) is 7. The van der Waals surface area contributed by atoms with Crippen LogP contribution in [0.2, 0.25) is 0 Å². The fourth-order valence-electron chi connectivity index (χ4n) is 1.48. The zero-order chi connectivity index (χ0) is 16.0. The Balaban J connectivity index is 2.90. The average Bonchev–Trinajstić information content (AvgIpc) is 2.50. The van der Waals surface area contributed by atoms with Gasteiger partial charge in [0.2, 0.25) is 10.0 Å². The highest BCUT2D eigenvalue weighted by Crippen LogP contribution is 2.29. The zero-order valence-electron chi connectivity index (χ0n) is 11.8. The molecule has 0 saturated carbocycles. The van der Waals surface area contributed by atoms with Gasteiger partial charge in [0.15, 0.2) is 17.6 Å². The van der Waals surface area contributed by atoms with Gasteiger partial charge in [0, 0.05) is 12.6 Å². The largest absolute Gasteiger partial charge is 0.493 e. The Morgan fingerprint density at radius 3 is 2.38 bits per heavy atom. The van der Waals surface area contributed by atoms with Crippen LogP contribution in [-0.2, 0) is 19.6 Å². The molecule has 0 bridgehead atoms. The molecule has 118 valence electrons. The number of carbonyl (C=O) groups excluding carboxylic acids is 1. The van der Waals surface area contributed by atoms with Crippen molar-refractivity contribution < 1.29 is 32.5 Å². The molecule has 1 atom stereocenters. The molecule has 0 aliphatic rings. The minimum Gasteiger partial charge on any atom is -0.493 e. The maximum Gasteiger partial charge on any atom is 0.336 e. The second-order valence-electron chi connectivity index (χ2n) is 3.91. The first-order valence-electron chi connectivity index (χ1n) is 5.83. The van der Waals surface area contributed by atoms with Gasteiger partial charge >= 0.3 is 5.97 Å². The topological polar surface area (TPSA) is 111 Å². The third-order valence-corrected chi connectivity index (χ3v) is 4.03. The van der Waals surface area contributed by atoms with E-state index in [1.165, 1.54) is 32.4 Å². The van der Waals surface area contributed by atoms with Crippen LogP contribution >= 0.6 is 0 Å². The second-order valence-corrected chi connectivity index (χ2v) is 5.67. The summed E-state index contributed by atoms with van der Waals surface area (Å²) in [6.07, 6.45) is -1.58. The number of aliphatic hydroxyl groups is 1. The fourth-order valence-corrected chi connectivity index (χ4v) is 2.53. The van der Waals surface area contributed by atoms with Crippen LogP contribution in [0.1, 0.15) is 0 Å². The molecule has 0 heterocycles. The van der Waals surface area contributed by atoms with Crippen molar-refractivity contribution in [2.24, 2.45) is 0 Å². The summed E-state index contributed by atoms with van der Waals surface area (Å²) in [6, 6.07) is 4.02. The standard InChI is InChI=1S/C12H17NO7S/c1-18-10-5-4-8(6-11(10)19-2)21(16,17)13-7-9(14)12(15)20-3/h4-6,9,13-14H,7H2,1-3H3.